The Hall–Kier alpha value is -1.82. The zero-order valence-corrected chi connectivity index (χ0v) is 34.8. The Kier molecular flexibility index (Phi) is 23.4. The van der Waals surface area contributed by atoms with E-state index in [-0.39, 0.29) is 53.4 Å². The van der Waals surface area contributed by atoms with Crippen LogP contribution in [-0.4, -0.2) is 39.0 Å². The van der Waals surface area contributed by atoms with E-state index in [4.69, 9.17) is 26.7 Å². The number of aliphatic hydroxyl groups excluding tert-OH is 1. The fraction of sp³-hybridized carbons (Fsp3) is 0.118. The van der Waals surface area contributed by atoms with Crippen molar-refractivity contribution in [3.8, 4) is 0 Å². The Morgan fingerprint density at radius 3 is 1.59 bits per heavy atom. The molecule has 8 aromatic rings. The molecule has 0 saturated carbocycles. The van der Waals surface area contributed by atoms with Crippen molar-refractivity contribution in [2.75, 3.05) is 0 Å². The average Bonchev–Trinajstić information content (AvgIpc) is 3.91. The second-order valence-electron chi connectivity index (χ2n) is 9.32. The minimum absolute atomic E-state index is 0. The number of fused-ring (bicyclic) bond motifs is 4. The van der Waals surface area contributed by atoms with E-state index in [0.29, 0.717) is 12.4 Å². The molecule has 7 aromatic heterocycles. The number of hydrogen-bond donors (Lipinski definition) is 2. The monoisotopic (exact) mass is 843 g/mol. The minimum Gasteiger partial charge on any atom is -1.00 e. The van der Waals surface area contributed by atoms with Crippen LogP contribution >= 0.6 is 78.3 Å². The van der Waals surface area contributed by atoms with Crippen molar-refractivity contribution in [1.29, 1.82) is 0 Å². The van der Waals surface area contributed by atoms with Crippen LogP contribution in [0.1, 0.15) is 33.2 Å². The Morgan fingerprint density at radius 2 is 1.16 bits per heavy atom. The summed E-state index contributed by atoms with van der Waals surface area (Å²) in [5, 5.41) is 13.5. The number of aldehydes is 1. The molecule has 1 aromatic carbocycles. The summed E-state index contributed by atoms with van der Waals surface area (Å²) in [7, 11) is 7.36. The van der Waals surface area contributed by atoms with Gasteiger partial charge in [-0.25, -0.2) is 19.2 Å². The number of alkyl halides is 1. The second kappa shape index (κ2) is 25.2. The summed E-state index contributed by atoms with van der Waals surface area (Å²) in [6.07, 6.45) is 6.26. The topological polar surface area (TPSA) is 119 Å². The molecule has 0 aliphatic carbocycles. The number of aromatic nitrogens is 3. The van der Waals surface area contributed by atoms with Crippen LogP contribution in [0.2, 0.25) is 0 Å². The van der Waals surface area contributed by atoms with E-state index in [2.05, 4.69) is 60.6 Å². The molecule has 3 N–H and O–H groups in total. The fourth-order valence-corrected chi connectivity index (χ4v) is 7.78. The smallest absolute Gasteiger partial charge is 1.00 e. The molecule has 0 aliphatic rings. The fourth-order valence-electron chi connectivity index (χ4n) is 4.08. The van der Waals surface area contributed by atoms with Gasteiger partial charge < -0.3 is 12.3 Å². The van der Waals surface area contributed by atoms with Gasteiger partial charge in [0.25, 0.3) is 0 Å². The summed E-state index contributed by atoms with van der Waals surface area (Å²) >= 11 is 12.1. The van der Waals surface area contributed by atoms with Gasteiger partial charge in [-0.05, 0) is 53.9 Å². The quantitative estimate of drug-likeness (QED) is 0.0807. The third-order valence-electron chi connectivity index (χ3n) is 6.08. The standard InChI is InChI=1S/C9H6OS.C8H6ClNS.C8H8N2S.C8H7NOS.CH4.B.Cl2OS.Na.H/c10-6-8-5-7-3-1-2-4-9(7)11-8;2*9-5-7-4-6-2-1-3-10-8(6)11-7;10-5-7-4-6-2-1-3-9-8(6)11-7;;;1-4(2)3;;/h1-6H;1-4H,5H2;1-4H,5,9H2;1-4,10H,5H2;1H4;;;;/q;;;;;;;+1;-1. The van der Waals surface area contributed by atoms with Crippen molar-refractivity contribution in [2.45, 2.75) is 26.5 Å². The maximum Gasteiger partial charge on any atom is 1.00 e. The number of nitrogens with two attached hydrogens (primary N) is 1. The molecule has 0 aliphatic heterocycles. The number of hydrogen-bond acceptors (Lipinski definition) is 11. The van der Waals surface area contributed by atoms with E-state index in [1.165, 1.54) is 47.9 Å². The average molecular weight is 845 g/mol. The Bertz CT molecular complexity index is 1930. The molecule has 7 nitrogen and oxygen atoms in total. The van der Waals surface area contributed by atoms with E-state index < -0.39 is 9.23 Å². The maximum absolute atomic E-state index is 10.4. The SMILES string of the molecule is C.ClCc1cc2cccnc2s1.NCc1cc2cccnc2s1.O=Cc1cc2ccccc2s1.O=S(Cl)Cl.OCc1cc2cccnc2s1.[B].[H-].[Na+]. The van der Waals surface area contributed by atoms with E-state index >= 15 is 0 Å². The van der Waals surface area contributed by atoms with Gasteiger partial charge in [0.15, 0.2) is 6.29 Å². The number of carbonyl (C=O) groups excluding carboxylic acids is 1. The van der Waals surface area contributed by atoms with Crippen LogP contribution in [0.4, 0.5) is 0 Å². The molecule has 0 saturated heterocycles. The predicted molar refractivity (Wildman–Crippen MR) is 223 cm³/mol. The molecule has 17 heteroatoms. The van der Waals surface area contributed by atoms with Crippen molar-refractivity contribution >= 4 is 143 Å². The summed E-state index contributed by atoms with van der Waals surface area (Å²) in [5.74, 6) is 0.584. The van der Waals surface area contributed by atoms with Gasteiger partial charge in [-0.1, -0.05) is 43.8 Å². The molecule has 3 radical (unpaired) electrons. The number of benzene rings is 1. The first-order chi connectivity index (χ1) is 23.3. The summed E-state index contributed by atoms with van der Waals surface area (Å²) in [5.41, 5.74) is 5.50. The third-order valence-corrected chi connectivity index (χ3v) is 10.8. The van der Waals surface area contributed by atoms with Crippen LogP contribution in [0.3, 0.4) is 0 Å². The van der Waals surface area contributed by atoms with Crippen molar-refractivity contribution in [3.05, 3.63) is 123 Å². The number of pyridine rings is 3. The number of carbonyl (C=O) groups is 1. The van der Waals surface area contributed by atoms with Gasteiger partial charge in [-0.2, -0.15) is 0 Å². The van der Waals surface area contributed by atoms with Gasteiger partial charge in [-0.3, -0.25) is 4.79 Å². The van der Waals surface area contributed by atoms with E-state index in [9.17, 15) is 4.79 Å². The molecule has 8 rings (SSSR count). The normalized spacial score (nSPS) is 9.76. The molecular weight excluding hydrogens is 813 g/mol. The first-order valence-corrected chi connectivity index (χ1v) is 20.5. The van der Waals surface area contributed by atoms with Gasteiger partial charge in [0.05, 0.1) is 17.4 Å². The molecule has 0 bridgehead atoms. The van der Waals surface area contributed by atoms with E-state index in [1.54, 1.807) is 41.3 Å². The molecule has 0 spiro atoms. The Balaban J connectivity index is 0.000000629. The molecule has 261 valence electrons. The zero-order chi connectivity index (χ0) is 34.3. The van der Waals surface area contributed by atoms with Gasteiger partial charge in [0.2, 0.25) is 9.23 Å². The number of halogens is 3. The zero-order valence-electron chi connectivity index (χ0n) is 27.4. The first kappa shape index (κ1) is 47.2. The van der Waals surface area contributed by atoms with Crippen LogP contribution < -0.4 is 35.3 Å². The Labute approximate surface area is 354 Å². The maximum atomic E-state index is 10.4. The first-order valence-electron chi connectivity index (χ1n) is 13.9. The molecular formula is C34H32BCl3N4NaO3S5. The van der Waals surface area contributed by atoms with Gasteiger partial charge in [-0.15, -0.1) is 56.9 Å². The van der Waals surface area contributed by atoms with Crippen molar-refractivity contribution in [2.24, 2.45) is 5.73 Å². The van der Waals surface area contributed by atoms with Crippen LogP contribution in [-0.2, 0) is 28.3 Å². The molecule has 0 unspecified atom stereocenters. The summed E-state index contributed by atoms with van der Waals surface area (Å²) < 4.78 is 10.3. The number of aliphatic hydroxyl groups is 1. The number of nitrogens with zero attached hydrogens (tertiary/aromatic N) is 3. The van der Waals surface area contributed by atoms with Crippen molar-refractivity contribution < 1.29 is 45.1 Å². The van der Waals surface area contributed by atoms with Crippen LogP contribution in [0, 0.1) is 0 Å². The van der Waals surface area contributed by atoms with Crippen molar-refractivity contribution in [1.82, 2.24) is 15.0 Å². The van der Waals surface area contributed by atoms with Crippen LogP contribution in [0.5, 0.6) is 0 Å². The van der Waals surface area contributed by atoms with Gasteiger partial charge in [0.1, 0.15) is 14.5 Å². The van der Waals surface area contributed by atoms with Crippen LogP contribution in [0.25, 0.3) is 40.7 Å². The molecule has 0 amide bonds. The second-order valence-corrected chi connectivity index (χ2v) is 16.6. The summed E-state index contributed by atoms with van der Waals surface area (Å²) in [6, 6.07) is 27.9. The van der Waals surface area contributed by atoms with Gasteiger partial charge in [0, 0.05) is 90.4 Å². The Morgan fingerprint density at radius 1 is 0.725 bits per heavy atom. The number of rotatable bonds is 4. The van der Waals surface area contributed by atoms with Crippen LogP contribution in [0.15, 0.2) is 104 Å². The number of thiophene rings is 4. The molecule has 0 fully saturated rings. The van der Waals surface area contributed by atoms with Crippen molar-refractivity contribution in [3.63, 3.8) is 0 Å². The molecule has 51 heavy (non-hydrogen) atoms. The predicted octanol–water partition coefficient (Wildman–Crippen LogP) is 7.71. The summed E-state index contributed by atoms with van der Waals surface area (Å²) in [6.45, 7) is 0.724. The van der Waals surface area contributed by atoms with E-state index in [0.717, 1.165) is 41.3 Å². The largest absolute Gasteiger partial charge is 1.00 e. The van der Waals surface area contributed by atoms with E-state index in [1.807, 2.05) is 60.7 Å². The molecule has 7 heterocycles. The van der Waals surface area contributed by atoms with Gasteiger partial charge >= 0.3 is 29.6 Å². The third kappa shape index (κ3) is 15.2. The summed E-state index contributed by atoms with van der Waals surface area (Å²) in [4.78, 5) is 30.3. The molecule has 0 atom stereocenters. The minimum atomic E-state index is -1.67.